The predicted octanol–water partition coefficient (Wildman–Crippen LogP) is 3.82. The second kappa shape index (κ2) is 8.37. The zero-order chi connectivity index (χ0) is 16.7. The van der Waals surface area contributed by atoms with E-state index in [0.29, 0.717) is 12.3 Å². The molecule has 2 rings (SSSR count). The number of amides is 1. The second-order valence-electron chi connectivity index (χ2n) is 5.69. The highest BCUT2D eigenvalue weighted by atomic mass is 16.5. The lowest BCUT2D eigenvalue weighted by Gasteiger charge is -2.12. The third-order valence-electron chi connectivity index (χ3n) is 3.93. The molecule has 1 amide bonds. The molecule has 0 unspecified atom stereocenters. The Hall–Kier alpha value is -2.29. The van der Waals surface area contributed by atoms with Crippen LogP contribution in [0.25, 0.3) is 0 Å². The van der Waals surface area contributed by atoms with E-state index in [2.05, 4.69) is 37.4 Å². The summed E-state index contributed by atoms with van der Waals surface area (Å²) in [7, 11) is 0. The molecule has 0 atom stereocenters. The van der Waals surface area contributed by atoms with Gasteiger partial charge in [-0.2, -0.15) is 0 Å². The summed E-state index contributed by atoms with van der Waals surface area (Å²) in [6.07, 6.45) is 1.97. The lowest BCUT2D eigenvalue weighted by Crippen LogP contribution is -2.28. The van der Waals surface area contributed by atoms with E-state index < -0.39 is 0 Å². The first-order chi connectivity index (χ1) is 11.1. The van der Waals surface area contributed by atoms with Gasteiger partial charge < -0.3 is 10.1 Å². The van der Waals surface area contributed by atoms with Crippen LogP contribution in [0.1, 0.15) is 36.1 Å². The van der Waals surface area contributed by atoms with Crippen LogP contribution in [0.5, 0.6) is 5.75 Å². The molecular weight excluding hydrogens is 286 g/mol. The van der Waals surface area contributed by atoms with Crippen molar-refractivity contribution in [2.45, 2.75) is 40.2 Å². The minimum absolute atomic E-state index is 0.0397. The minimum Gasteiger partial charge on any atom is -0.484 e. The van der Waals surface area contributed by atoms with Crippen molar-refractivity contribution in [3.8, 4) is 5.75 Å². The Labute approximate surface area is 138 Å². The normalized spacial score (nSPS) is 10.4. The number of hydrogen-bond donors (Lipinski definition) is 1. The van der Waals surface area contributed by atoms with Crippen molar-refractivity contribution in [1.29, 1.82) is 0 Å². The van der Waals surface area contributed by atoms with E-state index >= 15 is 0 Å². The van der Waals surface area contributed by atoms with Crippen molar-refractivity contribution >= 4 is 5.91 Å². The Balaban J connectivity index is 1.87. The molecule has 23 heavy (non-hydrogen) atoms. The van der Waals surface area contributed by atoms with Gasteiger partial charge in [0.05, 0.1) is 0 Å². The number of nitrogens with one attached hydrogen (secondary N) is 1. The molecule has 0 spiro atoms. The lowest BCUT2D eigenvalue weighted by molar-refractivity contribution is -0.123. The molecule has 3 heteroatoms. The largest absolute Gasteiger partial charge is 0.484 e. The van der Waals surface area contributed by atoms with Crippen LogP contribution in [0, 0.1) is 6.92 Å². The van der Waals surface area contributed by atoms with Crippen LogP contribution < -0.4 is 10.1 Å². The molecule has 1 N–H and O–H groups in total. The second-order valence-corrected chi connectivity index (χ2v) is 5.69. The van der Waals surface area contributed by atoms with Crippen LogP contribution in [0.4, 0.5) is 0 Å². The monoisotopic (exact) mass is 311 g/mol. The summed E-state index contributed by atoms with van der Waals surface area (Å²) >= 11 is 0. The maximum absolute atomic E-state index is 12.0. The Bertz CT molecular complexity index is 647. The van der Waals surface area contributed by atoms with Gasteiger partial charge in [-0.25, -0.2) is 0 Å². The highest BCUT2D eigenvalue weighted by Gasteiger charge is 2.06. The standard InChI is InChI=1S/C20H25NO2/c1-4-16-8-9-17(5-2)18(12-16)13-21-20(22)14-23-19-10-6-15(3)7-11-19/h6-12H,4-5,13-14H2,1-3H3,(H,21,22). The Morgan fingerprint density at radius 2 is 1.74 bits per heavy atom. The van der Waals surface area contributed by atoms with Crippen molar-refractivity contribution in [1.82, 2.24) is 5.32 Å². The minimum atomic E-state index is -0.102. The fourth-order valence-corrected chi connectivity index (χ4v) is 2.44. The SMILES string of the molecule is CCc1ccc(CC)c(CNC(=O)COc2ccc(C)cc2)c1. The van der Waals surface area contributed by atoms with Crippen molar-refractivity contribution in [2.75, 3.05) is 6.61 Å². The summed E-state index contributed by atoms with van der Waals surface area (Å²) in [5, 5.41) is 2.94. The zero-order valence-electron chi connectivity index (χ0n) is 14.2. The Kier molecular flexibility index (Phi) is 6.21. The van der Waals surface area contributed by atoms with E-state index in [1.807, 2.05) is 31.2 Å². The quantitative estimate of drug-likeness (QED) is 0.844. The molecule has 2 aromatic carbocycles. The first kappa shape index (κ1) is 17.1. The fraction of sp³-hybridized carbons (Fsp3) is 0.350. The average molecular weight is 311 g/mol. The van der Waals surface area contributed by atoms with Crippen molar-refractivity contribution < 1.29 is 9.53 Å². The predicted molar refractivity (Wildman–Crippen MR) is 93.7 cm³/mol. The van der Waals surface area contributed by atoms with Gasteiger partial charge in [-0.1, -0.05) is 49.7 Å². The van der Waals surface area contributed by atoms with Crippen LogP contribution in [0.3, 0.4) is 0 Å². The fourth-order valence-electron chi connectivity index (χ4n) is 2.44. The molecule has 0 radical (unpaired) electrons. The molecule has 0 bridgehead atoms. The van der Waals surface area contributed by atoms with Crippen molar-refractivity contribution in [2.24, 2.45) is 0 Å². The van der Waals surface area contributed by atoms with Crippen LogP contribution in [-0.2, 0) is 24.2 Å². The lowest BCUT2D eigenvalue weighted by atomic mass is 10.0. The summed E-state index contributed by atoms with van der Waals surface area (Å²) in [6, 6.07) is 14.2. The molecule has 0 aromatic heterocycles. The smallest absolute Gasteiger partial charge is 0.258 e. The van der Waals surface area contributed by atoms with E-state index in [1.165, 1.54) is 22.3 Å². The van der Waals surface area contributed by atoms with E-state index in [1.54, 1.807) is 0 Å². The van der Waals surface area contributed by atoms with Gasteiger partial charge in [0.15, 0.2) is 6.61 Å². The molecule has 2 aromatic rings. The number of carbonyl (C=O) groups excluding carboxylic acids is 1. The van der Waals surface area contributed by atoms with E-state index in [9.17, 15) is 4.79 Å². The molecule has 0 saturated heterocycles. The van der Waals surface area contributed by atoms with Crippen molar-refractivity contribution in [3.63, 3.8) is 0 Å². The van der Waals surface area contributed by atoms with Gasteiger partial charge in [-0.3, -0.25) is 4.79 Å². The number of rotatable bonds is 7. The van der Waals surface area contributed by atoms with Gasteiger partial charge in [0, 0.05) is 6.54 Å². The molecular formula is C20H25NO2. The maximum Gasteiger partial charge on any atom is 0.258 e. The van der Waals surface area contributed by atoms with Gasteiger partial charge >= 0.3 is 0 Å². The van der Waals surface area contributed by atoms with Gasteiger partial charge in [0.2, 0.25) is 0 Å². The third kappa shape index (κ3) is 5.13. The first-order valence-corrected chi connectivity index (χ1v) is 8.19. The number of ether oxygens (including phenoxy) is 1. The topological polar surface area (TPSA) is 38.3 Å². The van der Waals surface area contributed by atoms with Crippen molar-refractivity contribution in [3.05, 3.63) is 64.7 Å². The molecule has 0 fully saturated rings. The van der Waals surface area contributed by atoms with Gasteiger partial charge in [-0.15, -0.1) is 0 Å². The summed E-state index contributed by atoms with van der Waals surface area (Å²) in [6.45, 7) is 6.88. The van der Waals surface area contributed by atoms with E-state index in [-0.39, 0.29) is 12.5 Å². The number of benzene rings is 2. The Morgan fingerprint density at radius 3 is 2.39 bits per heavy atom. The number of hydrogen-bond acceptors (Lipinski definition) is 2. The molecule has 3 nitrogen and oxygen atoms in total. The van der Waals surface area contributed by atoms with Gasteiger partial charge in [0.1, 0.15) is 5.75 Å². The Morgan fingerprint density at radius 1 is 1.00 bits per heavy atom. The molecule has 0 saturated carbocycles. The average Bonchev–Trinajstić information content (AvgIpc) is 2.59. The van der Waals surface area contributed by atoms with E-state index in [0.717, 1.165) is 12.8 Å². The molecule has 0 aliphatic carbocycles. The van der Waals surface area contributed by atoms with Crippen LogP contribution in [0.2, 0.25) is 0 Å². The van der Waals surface area contributed by atoms with Crippen LogP contribution in [-0.4, -0.2) is 12.5 Å². The molecule has 122 valence electrons. The van der Waals surface area contributed by atoms with Crippen LogP contribution >= 0.6 is 0 Å². The maximum atomic E-state index is 12.0. The molecule has 0 heterocycles. The van der Waals surface area contributed by atoms with Gasteiger partial charge in [-0.05, 0) is 48.6 Å². The summed E-state index contributed by atoms with van der Waals surface area (Å²) in [5.41, 5.74) is 4.93. The molecule has 0 aliphatic rings. The number of aryl methyl sites for hydroxylation is 3. The van der Waals surface area contributed by atoms with Crippen LogP contribution in [0.15, 0.2) is 42.5 Å². The number of carbonyl (C=O) groups is 1. The highest BCUT2D eigenvalue weighted by Crippen LogP contribution is 2.14. The summed E-state index contributed by atoms with van der Waals surface area (Å²) in [5.74, 6) is 0.613. The first-order valence-electron chi connectivity index (χ1n) is 8.19. The zero-order valence-corrected chi connectivity index (χ0v) is 14.2. The third-order valence-corrected chi connectivity index (χ3v) is 3.93. The summed E-state index contributed by atoms with van der Waals surface area (Å²) < 4.78 is 5.50. The summed E-state index contributed by atoms with van der Waals surface area (Å²) in [4.78, 5) is 12.0. The highest BCUT2D eigenvalue weighted by molar-refractivity contribution is 5.77. The van der Waals surface area contributed by atoms with Gasteiger partial charge in [0.25, 0.3) is 5.91 Å². The molecule has 0 aliphatic heterocycles. The van der Waals surface area contributed by atoms with E-state index in [4.69, 9.17) is 4.74 Å².